The quantitative estimate of drug-likeness (QED) is 0.463. The molecule has 31 heavy (non-hydrogen) atoms. The predicted molar refractivity (Wildman–Crippen MR) is 114 cm³/mol. The molecule has 4 rings (SSSR count). The fraction of sp³-hybridized carbons (Fsp3) is 0.261. The van der Waals surface area contributed by atoms with Crippen molar-refractivity contribution in [2.75, 3.05) is 13.2 Å². The van der Waals surface area contributed by atoms with E-state index in [2.05, 4.69) is 27.4 Å². The number of amides is 1. The summed E-state index contributed by atoms with van der Waals surface area (Å²) in [4.78, 5) is 29.9. The molecule has 0 fully saturated rings. The van der Waals surface area contributed by atoms with Crippen LogP contribution in [-0.4, -0.2) is 45.5 Å². The molecule has 2 unspecified atom stereocenters. The Labute approximate surface area is 178 Å². The molecule has 1 heterocycles. The molecule has 2 aromatic carbocycles. The molecule has 3 aromatic rings. The fourth-order valence-electron chi connectivity index (χ4n) is 3.90. The van der Waals surface area contributed by atoms with Crippen LogP contribution < -0.4 is 10.9 Å². The number of carbonyl (C=O) groups is 1. The molecule has 1 aromatic heterocycles. The third-order valence-corrected chi connectivity index (χ3v) is 5.48. The molecule has 0 aliphatic heterocycles. The third kappa shape index (κ3) is 4.35. The molecule has 1 aliphatic rings. The number of H-pyrrole nitrogens is 1. The maximum atomic E-state index is 12.2. The van der Waals surface area contributed by atoms with Gasteiger partial charge < -0.3 is 25.3 Å². The van der Waals surface area contributed by atoms with Gasteiger partial charge in [-0.15, -0.1) is 0 Å². The largest absolute Gasteiger partial charge is 0.449 e. The molecule has 0 radical (unpaired) electrons. The van der Waals surface area contributed by atoms with E-state index in [0.29, 0.717) is 0 Å². The van der Waals surface area contributed by atoms with Crippen molar-refractivity contribution in [2.24, 2.45) is 0 Å². The van der Waals surface area contributed by atoms with Gasteiger partial charge in [0.25, 0.3) is 5.56 Å². The number of rotatable bonds is 7. The van der Waals surface area contributed by atoms with Gasteiger partial charge in [0.05, 0.1) is 18.0 Å². The summed E-state index contributed by atoms with van der Waals surface area (Å²) in [6, 6.07) is 16.1. The Balaban J connectivity index is 1.29. The summed E-state index contributed by atoms with van der Waals surface area (Å²) in [6.45, 7) is 0.267. The summed E-state index contributed by atoms with van der Waals surface area (Å²) >= 11 is 0. The van der Waals surface area contributed by atoms with Crippen LogP contribution in [0.5, 0.6) is 0 Å². The van der Waals surface area contributed by atoms with Crippen LogP contribution in [0.1, 0.15) is 35.1 Å². The van der Waals surface area contributed by atoms with Crippen LogP contribution in [0.2, 0.25) is 0 Å². The minimum Gasteiger partial charge on any atom is -0.449 e. The average molecular weight is 421 g/mol. The molecule has 0 bridgehead atoms. The second-order valence-electron chi connectivity index (χ2n) is 7.39. The van der Waals surface area contributed by atoms with Crippen LogP contribution in [-0.2, 0) is 4.74 Å². The molecule has 1 aliphatic carbocycles. The molecule has 2 atom stereocenters. The second kappa shape index (κ2) is 9.11. The highest BCUT2D eigenvalue weighted by Gasteiger charge is 2.29. The first kappa shape index (κ1) is 20.8. The normalized spacial score (nSPS) is 14.4. The van der Waals surface area contributed by atoms with E-state index in [1.54, 1.807) is 0 Å². The summed E-state index contributed by atoms with van der Waals surface area (Å²) in [6.07, 6.45) is -0.807. The van der Waals surface area contributed by atoms with Gasteiger partial charge in [0.2, 0.25) is 0 Å². The number of aromatic nitrogens is 2. The second-order valence-corrected chi connectivity index (χ2v) is 7.39. The van der Waals surface area contributed by atoms with Gasteiger partial charge in [0.1, 0.15) is 12.7 Å². The van der Waals surface area contributed by atoms with Crippen LogP contribution in [0.25, 0.3) is 11.1 Å². The minimum absolute atomic E-state index is 0.0314. The Morgan fingerprint density at radius 2 is 1.74 bits per heavy atom. The van der Waals surface area contributed by atoms with Crippen molar-refractivity contribution in [3.05, 3.63) is 88.1 Å². The van der Waals surface area contributed by atoms with Crippen LogP contribution >= 0.6 is 0 Å². The maximum Gasteiger partial charge on any atom is 0.407 e. The summed E-state index contributed by atoms with van der Waals surface area (Å²) in [7, 11) is 0. The van der Waals surface area contributed by atoms with E-state index in [1.165, 1.54) is 12.5 Å². The Morgan fingerprint density at radius 1 is 1.10 bits per heavy atom. The zero-order valence-electron chi connectivity index (χ0n) is 16.7. The molecular formula is C23H23N3O5. The topological polar surface area (TPSA) is 125 Å². The maximum absolute atomic E-state index is 12.2. The van der Waals surface area contributed by atoms with Gasteiger partial charge in [-0.3, -0.25) is 4.79 Å². The van der Waals surface area contributed by atoms with Crippen molar-refractivity contribution < 1.29 is 19.7 Å². The van der Waals surface area contributed by atoms with Gasteiger partial charge in [-0.1, -0.05) is 48.5 Å². The van der Waals surface area contributed by atoms with E-state index >= 15 is 0 Å². The average Bonchev–Trinajstić information content (AvgIpc) is 3.11. The van der Waals surface area contributed by atoms with Gasteiger partial charge in [0.15, 0.2) is 0 Å². The SMILES string of the molecule is O=C(NCCC(O)C(O)c1cnc[nH]c1=O)OCC1c2ccccc2-c2ccccc21. The van der Waals surface area contributed by atoms with E-state index < -0.39 is 23.9 Å². The highest BCUT2D eigenvalue weighted by molar-refractivity contribution is 5.79. The molecule has 4 N–H and O–H groups in total. The number of benzene rings is 2. The molecule has 1 amide bonds. The van der Waals surface area contributed by atoms with E-state index in [-0.39, 0.29) is 31.1 Å². The first-order chi connectivity index (χ1) is 15.1. The Bertz CT molecular complexity index is 1080. The number of ether oxygens (including phenoxy) is 1. The Morgan fingerprint density at radius 3 is 2.39 bits per heavy atom. The zero-order chi connectivity index (χ0) is 21.8. The van der Waals surface area contributed by atoms with Crippen molar-refractivity contribution >= 4 is 6.09 Å². The number of hydrogen-bond donors (Lipinski definition) is 4. The van der Waals surface area contributed by atoms with Crippen LogP contribution in [0.3, 0.4) is 0 Å². The van der Waals surface area contributed by atoms with E-state index in [9.17, 15) is 19.8 Å². The van der Waals surface area contributed by atoms with Gasteiger partial charge in [-0.2, -0.15) is 0 Å². The zero-order valence-corrected chi connectivity index (χ0v) is 16.7. The number of aromatic amines is 1. The number of fused-ring (bicyclic) bond motifs is 3. The number of nitrogens with one attached hydrogen (secondary N) is 2. The number of aliphatic hydroxyl groups excluding tert-OH is 2. The van der Waals surface area contributed by atoms with Gasteiger partial charge in [0, 0.05) is 18.7 Å². The minimum atomic E-state index is -1.40. The summed E-state index contributed by atoms with van der Waals surface area (Å²) in [5.74, 6) is -0.0390. The predicted octanol–water partition coefficient (Wildman–Crippen LogP) is 2.09. The highest BCUT2D eigenvalue weighted by Crippen LogP contribution is 2.44. The first-order valence-corrected chi connectivity index (χ1v) is 10.0. The smallest absolute Gasteiger partial charge is 0.407 e. The lowest BCUT2D eigenvalue weighted by molar-refractivity contribution is 0.0126. The van der Waals surface area contributed by atoms with E-state index in [1.807, 2.05) is 36.4 Å². The van der Waals surface area contributed by atoms with Gasteiger partial charge in [-0.25, -0.2) is 9.78 Å². The van der Waals surface area contributed by atoms with Gasteiger partial charge in [-0.05, 0) is 28.7 Å². The third-order valence-electron chi connectivity index (χ3n) is 5.48. The van der Waals surface area contributed by atoms with Crippen molar-refractivity contribution in [2.45, 2.75) is 24.5 Å². The summed E-state index contributed by atoms with van der Waals surface area (Å²) in [5, 5.41) is 22.8. The molecule has 0 saturated heterocycles. The van der Waals surface area contributed by atoms with Crippen molar-refractivity contribution in [3.63, 3.8) is 0 Å². The summed E-state index contributed by atoms with van der Waals surface area (Å²) in [5.41, 5.74) is 3.99. The van der Waals surface area contributed by atoms with Crippen LogP contribution in [0.15, 0.2) is 65.8 Å². The lowest BCUT2D eigenvalue weighted by Crippen LogP contribution is -2.32. The highest BCUT2D eigenvalue weighted by atomic mass is 16.5. The summed E-state index contributed by atoms with van der Waals surface area (Å²) < 4.78 is 5.43. The number of nitrogens with zero attached hydrogens (tertiary/aromatic N) is 1. The lowest BCUT2D eigenvalue weighted by Gasteiger charge is -2.18. The fourth-order valence-corrected chi connectivity index (χ4v) is 3.90. The Kier molecular flexibility index (Phi) is 6.11. The first-order valence-electron chi connectivity index (χ1n) is 10.0. The molecule has 160 valence electrons. The van der Waals surface area contributed by atoms with Gasteiger partial charge >= 0.3 is 6.09 Å². The van der Waals surface area contributed by atoms with E-state index in [4.69, 9.17) is 4.74 Å². The molecular weight excluding hydrogens is 398 g/mol. The van der Waals surface area contributed by atoms with Crippen LogP contribution in [0.4, 0.5) is 4.79 Å². The number of alkyl carbamates (subject to hydrolysis) is 1. The van der Waals surface area contributed by atoms with E-state index in [0.717, 1.165) is 22.3 Å². The number of carbonyl (C=O) groups excluding carboxylic acids is 1. The molecule has 0 spiro atoms. The van der Waals surface area contributed by atoms with Crippen molar-refractivity contribution in [1.29, 1.82) is 0 Å². The van der Waals surface area contributed by atoms with Crippen LogP contribution in [0, 0.1) is 0 Å². The Hall–Kier alpha value is -3.49. The monoisotopic (exact) mass is 421 g/mol. The van der Waals surface area contributed by atoms with Crippen molar-refractivity contribution in [3.8, 4) is 11.1 Å². The number of hydrogen-bond acceptors (Lipinski definition) is 6. The van der Waals surface area contributed by atoms with Crippen molar-refractivity contribution in [1.82, 2.24) is 15.3 Å². The number of aliphatic hydroxyl groups is 2. The molecule has 8 heteroatoms. The molecule has 0 saturated carbocycles. The molecule has 8 nitrogen and oxygen atoms in total. The lowest BCUT2D eigenvalue weighted by atomic mass is 9.98. The standard InChI is InChI=1S/C23H23N3O5/c27-20(21(28)18-11-24-13-26-22(18)29)9-10-25-23(30)31-12-19-16-7-3-1-5-14(16)15-6-2-4-8-17(15)19/h1-8,11,13,19-21,27-28H,9-10,12H2,(H,25,30)(H,24,26,29).